The van der Waals surface area contributed by atoms with Crippen molar-refractivity contribution in [2.45, 2.75) is 44.6 Å². The highest BCUT2D eigenvalue weighted by atomic mass is 32.2. The fraction of sp³-hybridized carbons (Fsp3) is 0.923. The molecular formula is C13H20O5S. The van der Waals surface area contributed by atoms with Gasteiger partial charge in [0.1, 0.15) is 11.9 Å². The molecule has 3 rings (SSSR count). The van der Waals surface area contributed by atoms with E-state index in [4.69, 9.17) is 9.84 Å². The highest BCUT2D eigenvalue weighted by molar-refractivity contribution is 7.92. The molecule has 3 aliphatic rings. The summed E-state index contributed by atoms with van der Waals surface area (Å²) in [7, 11) is -3.48. The molecule has 0 aromatic carbocycles. The highest BCUT2D eigenvalue weighted by Crippen LogP contribution is 2.64. The van der Waals surface area contributed by atoms with Crippen molar-refractivity contribution in [2.75, 3.05) is 12.4 Å². The van der Waals surface area contributed by atoms with Crippen molar-refractivity contribution in [3.05, 3.63) is 0 Å². The van der Waals surface area contributed by atoms with Gasteiger partial charge in [-0.15, -0.1) is 0 Å². The topological polar surface area (TPSA) is 84.0 Å². The number of sulfone groups is 1. The molecule has 0 aromatic heterocycles. The molecule has 0 radical (unpaired) electrons. The molecule has 2 saturated carbocycles. The van der Waals surface area contributed by atoms with Crippen LogP contribution in [-0.2, 0) is 19.4 Å². The molecule has 1 saturated heterocycles. The third-order valence-electron chi connectivity index (χ3n) is 5.66. The monoisotopic (exact) mass is 288 g/mol. The van der Waals surface area contributed by atoms with Crippen molar-refractivity contribution in [2.24, 2.45) is 16.7 Å². The van der Waals surface area contributed by atoms with E-state index < -0.39 is 26.8 Å². The molecule has 108 valence electrons. The zero-order chi connectivity index (χ0) is 14.1. The first-order chi connectivity index (χ1) is 8.74. The third kappa shape index (κ3) is 1.66. The van der Waals surface area contributed by atoms with E-state index in [-0.39, 0.29) is 23.6 Å². The number of ketones is 1. The van der Waals surface area contributed by atoms with Gasteiger partial charge in [-0.05, 0) is 24.2 Å². The summed E-state index contributed by atoms with van der Waals surface area (Å²) in [6.07, 6.45) is 1.51. The van der Waals surface area contributed by atoms with E-state index in [2.05, 4.69) is 0 Å². The number of aliphatic hydroxyl groups is 1. The molecule has 2 unspecified atom stereocenters. The van der Waals surface area contributed by atoms with Gasteiger partial charge in [-0.1, -0.05) is 13.8 Å². The molecule has 1 aliphatic heterocycles. The van der Waals surface area contributed by atoms with Gasteiger partial charge in [-0.25, -0.2) is 8.42 Å². The standard InChI is InChI=1S/C13H20O5S/c1-12(2)8-3-4-13(12,10(15)5-8)7-19(16,17)11-9(6-14)18-11/h8-9,11,14H,3-7H2,1-2H3/t8-,9?,11?,13-/m1/s1. The number of carbonyl (C=O) groups is 1. The first kappa shape index (κ1) is 13.5. The van der Waals surface area contributed by atoms with Crippen LogP contribution in [0.1, 0.15) is 33.1 Å². The average molecular weight is 288 g/mol. The van der Waals surface area contributed by atoms with Gasteiger partial charge in [-0.2, -0.15) is 0 Å². The Balaban J connectivity index is 1.88. The molecule has 1 N–H and O–H groups in total. The van der Waals surface area contributed by atoms with E-state index in [1.54, 1.807) is 0 Å². The van der Waals surface area contributed by atoms with Gasteiger partial charge in [0.25, 0.3) is 0 Å². The molecule has 6 heteroatoms. The summed E-state index contributed by atoms with van der Waals surface area (Å²) in [5, 5.41) is 8.93. The summed E-state index contributed by atoms with van der Waals surface area (Å²) in [6.45, 7) is 3.75. The van der Waals surface area contributed by atoms with Crippen LogP contribution in [0.4, 0.5) is 0 Å². The number of rotatable bonds is 4. The van der Waals surface area contributed by atoms with Crippen molar-refractivity contribution < 1.29 is 23.1 Å². The van der Waals surface area contributed by atoms with Gasteiger partial charge in [0.05, 0.1) is 12.4 Å². The Kier molecular flexibility index (Phi) is 2.70. The minimum Gasteiger partial charge on any atom is -0.394 e. The van der Waals surface area contributed by atoms with Gasteiger partial charge < -0.3 is 9.84 Å². The largest absolute Gasteiger partial charge is 0.394 e. The molecule has 4 atom stereocenters. The SMILES string of the molecule is CC1(C)[C@@H]2CC[C@@]1(CS(=O)(=O)C1OC1CO)C(=O)C2. The zero-order valence-electron chi connectivity index (χ0n) is 11.3. The number of carbonyl (C=O) groups excluding carboxylic acids is 1. The van der Waals surface area contributed by atoms with Crippen molar-refractivity contribution in [3.63, 3.8) is 0 Å². The fourth-order valence-corrected chi connectivity index (χ4v) is 6.49. The lowest BCUT2D eigenvalue weighted by Crippen LogP contribution is -2.43. The lowest BCUT2D eigenvalue weighted by atomic mass is 9.70. The van der Waals surface area contributed by atoms with E-state index in [1.165, 1.54) is 0 Å². The summed E-state index contributed by atoms with van der Waals surface area (Å²) in [4.78, 5) is 12.3. The van der Waals surface area contributed by atoms with Crippen LogP contribution in [0.3, 0.4) is 0 Å². The highest BCUT2D eigenvalue weighted by Gasteiger charge is 2.66. The van der Waals surface area contributed by atoms with Crippen molar-refractivity contribution >= 4 is 15.6 Å². The summed E-state index contributed by atoms with van der Waals surface area (Å²) >= 11 is 0. The van der Waals surface area contributed by atoms with Crippen LogP contribution in [0.15, 0.2) is 0 Å². The molecule has 3 fully saturated rings. The van der Waals surface area contributed by atoms with E-state index in [9.17, 15) is 13.2 Å². The van der Waals surface area contributed by atoms with Crippen molar-refractivity contribution in [1.82, 2.24) is 0 Å². The second-order valence-corrected chi connectivity index (χ2v) is 8.78. The number of aliphatic hydroxyl groups excluding tert-OH is 1. The van der Waals surface area contributed by atoms with E-state index in [0.717, 1.165) is 6.42 Å². The molecule has 1 heterocycles. The van der Waals surface area contributed by atoms with Gasteiger partial charge in [0.2, 0.25) is 0 Å². The van der Waals surface area contributed by atoms with Crippen LogP contribution in [0.25, 0.3) is 0 Å². The summed E-state index contributed by atoms with van der Waals surface area (Å²) in [5.41, 5.74) is -1.89. The van der Waals surface area contributed by atoms with E-state index in [0.29, 0.717) is 18.8 Å². The molecule has 0 aromatic rings. The Hall–Kier alpha value is -0.460. The Morgan fingerprint density at radius 2 is 2.11 bits per heavy atom. The molecule has 0 spiro atoms. The number of ether oxygens (including phenoxy) is 1. The maximum atomic E-state index is 12.3. The number of epoxide rings is 1. The van der Waals surface area contributed by atoms with Crippen LogP contribution in [0, 0.1) is 16.7 Å². The quantitative estimate of drug-likeness (QED) is 0.762. The van der Waals surface area contributed by atoms with Crippen molar-refractivity contribution in [1.29, 1.82) is 0 Å². The molecule has 2 aliphatic carbocycles. The summed E-state index contributed by atoms with van der Waals surface area (Å²) in [6, 6.07) is 0. The first-order valence-corrected chi connectivity index (χ1v) is 8.47. The third-order valence-corrected chi connectivity index (χ3v) is 7.67. The van der Waals surface area contributed by atoms with Gasteiger partial charge >= 0.3 is 0 Å². The summed E-state index contributed by atoms with van der Waals surface area (Å²) < 4.78 is 29.7. The lowest BCUT2D eigenvalue weighted by molar-refractivity contribution is -0.128. The van der Waals surface area contributed by atoms with Crippen LogP contribution in [0.2, 0.25) is 0 Å². The second kappa shape index (κ2) is 3.80. The predicted molar refractivity (Wildman–Crippen MR) is 68.1 cm³/mol. The number of hydrogen-bond acceptors (Lipinski definition) is 5. The average Bonchev–Trinajstić information content (AvgIpc) is 3.04. The number of hydrogen-bond donors (Lipinski definition) is 1. The maximum absolute atomic E-state index is 12.3. The van der Waals surface area contributed by atoms with Crippen LogP contribution >= 0.6 is 0 Å². The summed E-state index contributed by atoms with van der Waals surface area (Å²) in [5.74, 6) is 0.284. The van der Waals surface area contributed by atoms with E-state index in [1.807, 2.05) is 13.8 Å². The zero-order valence-corrected chi connectivity index (χ0v) is 12.1. The molecule has 19 heavy (non-hydrogen) atoms. The minimum absolute atomic E-state index is 0.0959. The minimum atomic E-state index is -3.48. The lowest BCUT2D eigenvalue weighted by Gasteiger charge is -2.36. The normalized spacial score (nSPS) is 43.7. The molecular weight excluding hydrogens is 268 g/mol. The fourth-order valence-electron chi connectivity index (χ4n) is 4.11. The Morgan fingerprint density at radius 3 is 2.53 bits per heavy atom. The molecule has 5 nitrogen and oxygen atoms in total. The van der Waals surface area contributed by atoms with Gasteiger partial charge in [0, 0.05) is 11.8 Å². The first-order valence-electron chi connectivity index (χ1n) is 6.76. The number of Topliss-reactive ketones (excluding diaryl/α,β-unsaturated/α-hetero) is 1. The van der Waals surface area contributed by atoms with Crippen LogP contribution < -0.4 is 0 Å². The Bertz CT molecular complexity index is 523. The Morgan fingerprint density at radius 1 is 1.42 bits per heavy atom. The Labute approximate surface area is 113 Å². The second-order valence-electron chi connectivity index (χ2n) is 6.70. The molecule has 0 amide bonds. The van der Waals surface area contributed by atoms with Gasteiger partial charge in [0.15, 0.2) is 15.3 Å². The van der Waals surface area contributed by atoms with E-state index >= 15 is 0 Å². The molecule has 2 bridgehead atoms. The van der Waals surface area contributed by atoms with Crippen molar-refractivity contribution in [3.8, 4) is 0 Å². The van der Waals surface area contributed by atoms with Gasteiger partial charge in [-0.3, -0.25) is 4.79 Å². The van der Waals surface area contributed by atoms with Crippen LogP contribution in [0.5, 0.6) is 0 Å². The maximum Gasteiger partial charge on any atom is 0.187 e. The van der Waals surface area contributed by atoms with Crippen LogP contribution in [-0.4, -0.2) is 43.2 Å². The number of fused-ring (bicyclic) bond motifs is 2. The smallest absolute Gasteiger partial charge is 0.187 e. The predicted octanol–water partition coefficient (Wildman–Crippen LogP) is 0.514.